The van der Waals surface area contributed by atoms with E-state index in [9.17, 15) is 4.39 Å². The Kier molecular flexibility index (Phi) is 2.48. The molecule has 1 aliphatic rings. The van der Waals surface area contributed by atoms with Crippen molar-refractivity contribution in [3.63, 3.8) is 0 Å². The number of benzene rings is 1. The van der Waals surface area contributed by atoms with Gasteiger partial charge in [0, 0.05) is 18.7 Å². The minimum absolute atomic E-state index is 0.0438. The Labute approximate surface area is 98.1 Å². The summed E-state index contributed by atoms with van der Waals surface area (Å²) in [6.45, 7) is 0.513. The lowest BCUT2D eigenvalue weighted by Gasteiger charge is -2.08. The minimum atomic E-state index is -0.288. The van der Waals surface area contributed by atoms with Gasteiger partial charge in [0.25, 0.3) is 0 Å². The van der Waals surface area contributed by atoms with Crippen molar-refractivity contribution >= 4 is 17.0 Å². The summed E-state index contributed by atoms with van der Waals surface area (Å²) >= 11 is 0. The summed E-state index contributed by atoms with van der Waals surface area (Å²) in [5, 5.41) is 12.4. The van der Waals surface area contributed by atoms with Gasteiger partial charge in [0.1, 0.15) is 5.82 Å². The zero-order chi connectivity index (χ0) is 11.8. The molecule has 5 heteroatoms. The second-order valence-corrected chi connectivity index (χ2v) is 4.36. The smallest absolute Gasteiger partial charge is 0.204 e. The van der Waals surface area contributed by atoms with Crippen LogP contribution in [-0.4, -0.2) is 27.3 Å². The molecule has 1 aliphatic carbocycles. The first-order valence-electron chi connectivity index (χ1n) is 5.81. The molecule has 2 aromatic rings. The number of aliphatic hydroxyl groups is 1. The summed E-state index contributed by atoms with van der Waals surface area (Å²) in [7, 11) is 0. The molecule has 0 atom stereocenters. The van der Waals surface area contributed by atoms with Gasteiger partial charge in [-0.3, -0.25) is 0 Å². The fourth-order valence-corrected chi connectivity index (χ4v) is 1.95. The van der Waals surface area contributed by atoms with Crippen LogP contribution >= 0.6 is 0 Å². The molecule has 0 bridgehead atoms. The second-order valence-electron chi connectivity index (χ2n) is 4.36. The number of fused-ring (bicyclic) bond motifs is 1. The van der Waals surface area contributed by atoms with Crippen LogP contribution in [0.25, 0.3) is 11.0 Å². The van der Waals surface area contributed by atoms with Crippen molar-refractivity contribution < 1.29 is 9.50 Å². The van der Waals surface area contributed by atoms with Crippen LogP contribution in [0.5, 0.6) is 0 Å². The lowest BCUT2D eigenvalue weighted by molar-refractivity contribution is 0.278. The number of aromatic nitrogens is 2. The van der Waals surface area contributed by atoms with Gasteiger partial charge in [-0.15, -0.1) is 0 Å². The van der Waals surface area contributed by atoms with E-state index in [-0.39, 0.29) is 12.4 Å². The first kappa shape index (κ1) is 10.5. The third kappa shape index (κ3) is 1.98. The van der Waals surface area contributed by atoms with Crippen LogP contribution in [0, 0.1) is 5.82 Å². The van der Waals surface area contributed by atoms with Gasteiger partial charge >= 0.3 is 0 Å². The van der Waals surface area contributed by atoms with Gasteiger partial charge < -0.3 is 15.0 Å². The number of imidazole rings is 1. The molecule has 1 aromatic heterocycles. The SMILES string of the molecule is OCCn1c(NC2CC2)nc2cc(F)ccc21. The average Bonchev–Trinajstić information content (AvgIpc) is 3.04. The van der Waals surface area contributed by atoms with Crippen molar-refractivity contribution in [3.8, 4) is 0 Å². The van der Waals surface area contributed by atoms with Gasteiger partial charge in [-0.05, 0) is 25.0 Å². The molecule has 3 rings (SSSR count). The van der Waals surface area contributed by atoms with Crippen molar-refractivity contribution in [2.75, 3.05) is 11.9 Å². The van der Waals surface area contributed by atoms with Crippen LogP contribution in [0.1, 0.15) is 12.8 Å². The Bertz CT molecular complexity index is 548. The maximum Gasteiger partial charge on any atom is 0.204 e. The zero-order valence-corrected chi connectivity index (χ0v) is 9.36. The highest BCUT2D eigenvalue weighted by molar-refractivity contribution is 5.78. The topological polar surface area (TPSA) is 50.1 Å². The molecule has 0 unspecified atom stereocenters. The third-order valence-corrected chi connectivity index (χ3v) is 2.94. The number of hydrogen-bond acceptors (Lipinski definition) is 3. The number of hydrogen-bond donors (Lipinski definition) is 2. The molecule has 17 heavy (non-hydrogen) atoms. The Morgan fingerprint density at radius 2 is 2.29 bits per heavy atom. The van der Waals surface area contributed by atoms with E-state index >= 15 is 0 Å². The fourth-order valence-electron chi connectivity index (χ4n) is 1.95. The van der Waals surface area contributed by atoms with Gasteiger partial charge in [-0.1, -0.05) is 0 Å². The van der Waals surface area contributed by atoms with Gasteiger partial charge in [0.05, 0.1) is 17.6 Å². The van der Waals surface area contributed by atoms with Crippen LogP contribution in [0.15, 0.2) is 18.2 Å². The molecular formula is C12H14FN3O. The van der Waals surface area contributed by atoms with E-state index in [2.05, 4.69) is 10.3 Å². The lowest BCUT2D eigenvalue weighted by atomic mass is 10.3. The number of nitrogens with zero attached hydrogens (tertiary/aromatic N) is 2. The van der Waals surface area contributed by atoms with Crippen LogP contribution in [-0.2, 0) is 6.54 Å². The van der Waals surface area contributed by atoms with Crippen LogP contribution in [0.4, 0.5) is 10.3 Å². The van der Waals surface area contributed by atoms with E-state index in [0.29, 0.717) is 18.1 Å². The summed E-state index contributed by atoms with van der Waals surface area (Å²) in [6.07, 6.45) is 2.30. The fraction of sp³-hybridized carbons (Fsp3) is 0.417. The molecule has 1 saturated carbocycles. The predicted molar refractivity (Wildman–Crippen MR) is 63.4 cm³/mol. The van der Waals surface area contributed by atoms with Crippen molar-refractivity contribution in [3.05, 3.63) is 24.0 Å². The van der Waals surface area contributed by atoms with Crippen LogP contribution in [0.2, 0.25) is 0 Å². The zero-order valence-electron chi connectivity index (χ0n) is 9.36. The molecule has 0 amide bonds. The van der Waals surface area contributed by atoms with Crippen molar-refractivity contribution in [1.29, 1.82) is 0 Å². The van der Waals surface area contributed by atoms with E-state index in [4.69, 9.17) is 5.11 Å². The summed E-state index contributed by atoms with van der Waals surface area (Å²) in [5.41, 5.74) is 1.48. The average molecular weight is 235 g/mol. The number of anilines is 1. The molecule has 1 aromatic carbocycles. The molecule has 0 spiro atoms. The maximum absolute atomic E-state index is 13.1. The standard InChI is InChI=1S/C12H14FN3O/c13-8-1-4-11-10(7-8)15-12(14-9-2-3-9)16(11)5-6-17/h1,4,7,9,17H,2-3,5-6H2,(H,14,15). The van der Waals surface area contributed by atoms with Gasteiger partial charge in [0.15, 0.2) is 0 Å². The molecule has 4 nitrogen and oxygen atoms in total. The van der Waals surface area contributed by atoms with E-state index < -0.39 is 0 Å². The van der Waals surface area contributed by atoms with Crippen molar-refractivity contribution in [2.24, 2.45) is 0 Å². The van der Waals surface area contributed by atoms with Gasteiger partial charge in [0.2, 0.25) is 5.95 Å². The molecular weight excluding hydrogens is 221 g/mol. The molecule has 0 saturated heterocycles. The lowest BCUT2D eigenvalue weighted by Crippen LogP contribution is -2.10. The Morgan fingerprint density at radius 3 is 3.00 bits per heavy atom. The number of aliphatic hydroxyl groups excluding tert-OH is 1. The first-order chi connectivity index (χ1) is 8.28. The molecule has 1 heterocycles. The summed E-state index contributed by atoms with van der Waals surface area (Å²) < 4.78 is 15.0. The quantitative estimate of drug-likeness (QED) is 0.848. The molecule has 90 valence electrons. The maximum atomic E-state index is 13.1. The molecule has 2 N–H and O–H groups in total. The summed E-state index contributed by atoms with van der Waals surface area (Å²) in [4.78, 5) is 4.37. The van der Waals surface area contributed by atoms with Crippen LogP contribution in [0.3, 0.4) is 0 Å². The predicted octanol–water partition coefficient (Wildman–Crippen LogP) is 1.74. The van der Waals surface area contributed by atoms with Crippen LogP contribution < -0.4 is 5.32 Å². The number of nitrogens with one attached hydrogen (secondary N) is 1. The van der Waals surface area contributed by atoms with E-state index in [1.165, 1.54) is 12.1 Å². The summed E-state index contributed by atoms with van der Waals surface area (Å²) in [6, 6.07) is 5.01. The highest BCUT2D eigenvalue weighted by atomic mass is 19.1. The first-order valence-corrected chi connectivity index (χ1v) is 5.81. The monoisotopic (exact) mass is 235 g/mol. The second kappa shape index (κ2) is 4.00. The van der Waals surface area contributed by atoms with Gasteiger partial charge in [-0.2, -0.15) is 0 Å². The van der Waals surface area contributed by atoms with Gasteiger partial charge in [-0.25, -0.2) is 9.37 Å². The normalized spacial score (nSPS) is 15.4. The largest absolute Gasteiger partial charge is 0.395 e. The molecule has 1 fully saturated rings. The Balaban J connectivity index is 2.07. The minimum Gasteiger partial charge on any atom is -0.395 e. The van der Waals surface area contributed by atoms with E-state index in [1.807, 2.05) is 4.57 Å². The van der Waals surface area contributed by atoms with E-state index in [1.54, 1.807) is 6.07 Å². The molecule has 0 aliphatic heterocycles. The van der Waals surface area contributed by atoms with Crippen molar-refractivity contribution in [2.45, 2.75) is 25.4 Å². The Hall–Kier alpha value is -1.62. The molecule has 0 radical (unpaired) electrons. The highest BCUT2D eigenvalue weighted by Gasteiger charge is 2.23. The highest BCUT2D eigenvalue weighted by Crippen LogP contribution is 2.27. The number of halogens is 1. The number of rotatable bonds is 4. The third-order valence-electron chi connectivity index (χ3n) is 2.94. The Morgan fingerprint density at radius 1 is 1.47 bits per heavy atom. The summed E-state index contributed by atoms with van der Waals surface area (Å²) in [5.74, 6) is 0.436. The van der Waals surface area contributed by atoms with Crippen molar-refractivity contribution in [1.82, 2.24) is 9.55 Å². The van der Waals surface area contributed by atoms with E-state index in [0.717, 1.165) is 24.3 Å².